The van der Waals surface area contributed by atoms with Gasteiger partial charge in [-0.15, -0.1) is 0 Å². The van der Waals surface area contributed by atoms with E-state index in [0.29, 0.717) is 22.5 Å². The predicted octanol–water partition coefficient (Wildman–Crippen LogP) is 3.47. The van der Waals surface area contributed by atoms with Crippen LogP contribution >= 0.6 is 11.6 Å². The van der Waals surface area contributed by atoms with Crippen molar-refractivity contribution < 1.29 is 8.76 Å². The molecule has 0 amide bonds. The van der Waals surface area contributed by atoms with Gasteiger partial charge in [0.2, 0.25) is 17.2 Å². The molecule has 1 fully saturated rings. The number of halogens is 1. The molecule has 2 aromatic heterocycles. The lowest BCUT2D eigenvalue weighted by atomic mass is 10.2. The number of aromatic amines is 1. The van der Waals surface area contributed by atoms with Crippen LogP contribution in [0.25, 0.3) is 10.9 Å². The van der Waals surface area contributed by atoms with Gasteiger partial charge in [0.25, 0.3) is 0 Å². The third kappa shape index (κ3) is 5.58. The molecule has 3 heterocycles. The second kappa shape index (κ2) is 10.8. The van der Waals surface area contributed by atoms with E-state index in [9.17, 15) is 4.21 Å². The normalized spacial score (nSPS) is 15.2. The maximum absolute atomic E-state index is 11.0. The molecule has 0 aliphatic carbocycles. The molecule has 0 spiro atoms. The lowest BCUT2D eigenvalue weighted by molar-refractivity contribution is 0.312. The van der Waals surface area contributed by atoms with Crippen LogP contribution in [0.1, 0.15) is 5.56 Å². The summed E-state index contributed by atoms with van der Waals surface area (Å²) in [6.07, 6.45) is 1.52. The first-order valence-electron chi connectivity index (χ1n) is 11.4. The van der Waals surface area contributed by atoms with Crippen LogP contribution in [0.5, 0.6) is 0 Å². The number of likely N-dealkylation sites (N-methyl/N-ethyl adjacent to an activating group) is 1. The molecule has 5 N–H and O–H groups in total. The summed E-state index contributed by atoms with van der Waals surface area (Å²) < 4.78 is 22.5. The van der Waals surface area contributed by atoms with E-state index in [4.69, 9.17) is 16.2 Å². The van der Waals surface area contributed by atoms with Crippen LogP contribution in [0, 0.1) is 0 Å². The summed E-state index contributed by atoms with van der Waals surface area (Å²) in [5.41, 5.74) is 3.21. The second-order valence-electron chi connectivity index (χ2n) is 8.47. The van der Waals surface area contributed by atoms with Crippen molar-refractivity contribution in [1.29, 1.82) is 0 Å². The quantitative estimate of drug-likeness (QED) is 0.218. The van der Waals surface area contributed by atoms with Crippen LogP contribution in [-0.4, -0.2) is 67.1 Å². The second-order valence-corrected chi connectivity index (χ2v) is 9.66. The summed E-state index contributed by atoms with van der Waals surface area (Å²) in [6, 6.07) is 13.4. The molecule has 11 nitrogen and oxygen atoms in total. The number of aromatic nitrogens is 4. The summed E-state index contributed by atoms with van der Waals surface area (Å²) in [5, 5.41) is 15.5. The SMILES string of the molecule is CN1CCN(c2n[nH]c3cc(Nc4ncc(Cl)c(Nc5ccccc5CNS(=O)O)n4)ccc23)CC1. The summed E-state index contributed by atoms with van der Waals surface area (Å²) in [5.74, 6) is 1.75. The van der Waals surface area contributed by atoms with Crippen molar-refractivity contribution in [2.24, 2.45) is 0 Å². The van der Waals surface area contributed by atoms with Crippen molar-refractivity contribution in [3.05, 3.63) is 59.2 Å². The Balaban J connectivity index is 1.33. The minimum atomic E-state index is -2.11. The Morgan fingerprint density at radius 3 is 2.75 bits per heavy atom. The molecule has 2 aromatic carbocycles. The maximum Gasteiger partial charge on any atom is 0.232 e. The zero-order valence-electron chi connectivity index (χ0n) is 19.5. The molecule has 5 rings (SSSR count). The Hall–Kier alpha value is -3.29. The lowest BCUT2D eigenvalue weighted by Gasteiger charge is -2.32. The van der Waals surface area contributed by atoms with Gasteiger partial charge in [-0.05, 0) is 36.9 Å². The van der Waals surface area contributed by atoms with Crippen LogP contribution in [0.2, 0.25) is 5.02 Å². The molecule has 36 heavy (non-hydrogen) atoms. The summed E-state index contributed by atoms with van der Waals surface area (Å²) in [7, 11) is 2.13. The summed E-state index contributed by atoms with van der Waals surface area (Å²) >= 11 is 4.24. The first kappa shape index (κ1) is 24.4. The smallest absolute Gasteiger partial charge is 0.232 e. The number of hydrogen-bond donors (Lipinski definition) is 5. The molecule has 13 heteroatoms. The van der Waals surface area contributed by atoms with Crippen molar-refractivity contribution in [2.45, 2.75) is 6.54 Å². The van der Waals surface area contributed by atoms with Crippen molar-refractivity contribution in [3.63, 3.8) is 0 Å². The van der Waals surface area contributed by atoms with Gasteiger partial charge in [-0.2, -0.15) is 10.1 Å². The van der Waals surface area contributed by atoms with Gasteiger partial charge >= 0.3 is 0 Å². The van der Waals surface area contributed by atoms with E-state index >= 15 is 0 Å². The van der Waals surface area contributed by atoms with E-state index < -0.39 is 11.3 Å². The summed E-state index contributed by atoms with van der Waals surface area (Å²) in [6.45, 7) is 4.12. The van der Waals surface area contributed by atoms with E-state index in [0.717, 1.165) is 54.2 Å². The highest BCUT2D eigenvalue weighted by atomic mass is 35.5. The molecule has 0 bridgehead atoms. The van der Waals surface area contributed by atoms with Crippen molar-refractivity contribution in [2.75, 3.05) is 48.8 Å². The molecule has 4 aromatic rings. The fourth-order valence-electron chi connectivity index (χ4n) is 4.05. The van der Waals surface area contributed by atoms with Crippen molar-refractivity contribution in [3.8, 4) is 0 Å². The van der Waals surface area contributed by atoms with Crippen LogP contribution < -0.4 is 20.3 Å². The van der Waals surface area contributed by atoms with Gasteiger partial charge in [0.1, 0.15) is 5.02 Å². The van der Waals surface area contributed by atoms with E-state index in [-0.39, 0.29) is 6.54 Å². The van der Waals surface area contributed by atoms with Gasteiger partial charge in [0.05, 0.1) is 11.7 Å². The predicted molar refractivity (Wildman–Crippen MR) is 143 cm³/mol. The number of para-hydroxylation sites is 1. The Bertz CT molecular complexity index is 1390. The number of fused-ring (bicyclic) bond motifs is 1. The van der Waals surface area contributed by atoms with Crippen molar-refractivity contribution >= 4 is 62.7 Å². The van der Waals surface area contributed by atoms with E-state index in [1.54, 1.807) is 0 Å². The van der Waals surface area contributed by atoms with Crippen LogP contribution in [-0.2, 0) is 17.8 Å². The zero-order valence-corrected chi connectivity index (χ0v) is 21.1. The number of anilines is 5. The zero-order chi connectivity index (χ0) is 25.1. The van der Waals surface area contributed by atoms with Crippen molar-refractivity contribution in [1.82, 2.24) is 29.8 Å². The standard InChI is InChI=1S/C23H26ClN9O2S/c1-32-8-10-33(11-9-32)22-17-7-6-16(12-20(17)30-31-22)27-23-25-14-18(24)21(29-23)28-19-5-3-2-4-15(19)13-26-36(34)35/h2-7,12,14,26H,8-11,13H2,1H3,(H,30,31)(H,34,35)(H2,25,27,28,29). The Kier molecular flexibility index (Phi) is 7.30. The monoisotopic (exact) mass is 527 g/mol. The molecular weight excluding hydrogens is 502 g/mol. The molecular formula is C23H26ClN9O2S. The average molecular weight is 528 g/mol. The minimum absolute atomic E-state index is 0.195. The van der Waals surface area contributed by atoms with Gasteiger partial charge < -0.3 is 20.4 Å². The number of nitrogens with zero attached hydrogens (tertiary/aromatic N) is 5. The lowest BCUT2D eigenvalue weighted by Crippen LogP contribution is -2.44. The average Bonchev–Trinajstić information content (AvgIpc) is 3.29. The first-order valence-corrected chi connectivity index (χ1v) is 12.9. The van der Waals surface area contributed by atoms with Gasteiger partial charge in [-0.25, -0.2) is 13.9 Å². The fraction of sp³-hybridized carbons (Fsp3) is 0.261. The van der Waals surface area contributed by atoms with Gasteiger partial charge in [0.15, 0.2) is 11.6 Å². The number of H-pyrrole nitrogens is 1. The van der Waals surface area contributed by atoms with Crippen LogP contribution in [0.15, 0.2) is 48.7 Å². The van der Waals surface area contributed by atoms with Crippen LogP contribution in [0.3, 0.4) is 0 Å². The number of benzene rings is 2. The highest BCUT2D eigenvalue weighted by Crippen LogP contribution is 2.30. The molecule has 1 aliphatic heterocycles. The Morgan fingerprint density at radius 2 is 1.94 bits per heavy atom. The van der Waals surface area contributed by atoms with E-state index in [1.807, 2.05) is 42.5 Å². The fourth-order valence-corrected chi connectivity index (χ4v) is 4.47. The van der Waals surface area contributed by atoms with Gasteiger partial charge in [0, 0.05) is 49.5 Å². The highest BCUT2D eigenvalue weighted by Gasteiger charge is 2.19. The van der Waals surface area contributed by atoms with Gasteiger partial charge in [-0.3, -0.25) is 9.65 Å². The number of nitrogens with one attached hydrogen (secondary N) is 4. The number of piperazine rings is 1. The molecule has 1 unspecified atom stereocenters. The Morgan fingerprint density at radius 1 is 1.14 bits per heavy atom. The molecule has 0 saturated carbocycles. The molecule has 0 radical (unpaired) electrons. The molecule has 1 aliphatic rings. The first-order chi connectivity index (χ1) is 17.5. The van der Waals surface area contributed by atoms with Crippen LogP contribution in [0.4, 0.5) is 29.0 Å². The molecule has 1 atom stereocenters. The summed E-state index contributed by atoms with van der Waals surface area (Å²) in [4.78, 5) is 13.5. The third-order valence-corrected chi connectivity index (χ3v) is 6.67. The topological polar surface area (TPSA) is 134 Å². The largest absolute Gasteiger partial charge is 0.352 e. The maximum atomic E-state index is 11.0. The Labute approximate surface area is 215 Å². The number of rotatable bonds is 8. The minimum Gasteiger partial charge on any atom is -0.352 e. The van der Waals surface area contributed by atoms with Gasteiger partial charge in [-0.1, -0.05) is 29.8 Å². The van der Waals surface area contributed by atoms with E-state index in [1.165, 1.54) is 6.20 Å². The van der Waals surface area contributed by atoms with E-state index in [2.05, 4.69) is 52.4 Å². The number of hydrogen-bond acceptors (Lipinski definition) is 8. The molecule has 188 valence electrons. The third-order valence-electron chi connectivity index (χ3n) is 6.00. The highest BCUT2D eigenvalue weighted by molar-refractivity contribution is 7.77. The molecule has 1 saturated heterocycles.